The van der Waals surface area contributed by atoms with Gasteiger partial charge in [-0.15, -0.1) is 0 Å². The van der Waals surface area contributed by atoms with Crippen molar-refractivity contribution in [1.29, 1.82) is 0 Å². The van der Waals surface area contributed by atoms with E-state index in [1.54, 1.807) is 12.1 Å². The molecule has 3 nitrogen and oxygen atoms in total. The Bertz CT molecular complexity index is 481. The average molecular weight is 286 g/mol. The van der Waals surface area contributed by atoms with Crippen molar-refractivity contribution in [3.05, 3.63) is 29.8 Å². The number of benzene rings is 1. The van der Waals surface area contributed by atoms with Crippen LogP contribution in [0.25, 0.3) is 0 Å². The highest BCUT2D eigenvalue weighted by molar-refractivity contribution is 7.85. The largest absolute Gasteiger partial charge is 0.294 e. The standard InChI is InChI=1S/C14H22O3S.CH4/c1-5-11(10-14(2,3)4)12-6-8-13(9-7-12)18(15,16)17;/h6-9,11H,5,10H2,1-4H3,(H,15,16,17);1H4. The summed E-state index contributed by atoms with van der Waals surface area (Å²) in [4.78, 5) is -0.0446. The number of rotatable bonds is 4. The topological polar surface area (TPSA) is 54.4 Å². The summed E-state index contributed by atoms with van der Waals surface area (Å²) in [7, 11) is -4.09. The lowest BCUT2D eigenvalue weighted by Gasteiger charge is -2.25. The zero-order valence-corrected chi connectivity index (χ0v) is 12.3. The fourth-order valence-electron chi connectivity index (χ4n) is 2.15. The maximum atomic E-state index is 11.0. The Balaban J connectivity index is 0.00000324. The van der Waals surface area contributed by atoms with Gasteiger partial charge in [-0.05, 0) is 41.9 Å². The quantitative estimate of drug-likeness (QED) is 0.829. The van der Waals surface area contributed by atoms with Crippen LogP contribution in [-0.4, -0.2) is 13.0 Å². The molecule has 1 aromatic rings. The number of hydrogen-bond donors (Lipinski definition) is 1. The number of hydrogen-bond acceptors (Lipinski definition) is 2. The second kappa shape index (κ2) is 6.53. The molecule has 4 heteroatoms. The Morgan fingerprint density at radius 1 is 1.16 bits per heavy atom. The molecule has 0 aliphatic rings. The summed E-state index contributed by atoms with van der Waals surface area (Å²) in [6, 6.07) is 6.53. The normalized spacial score (nSPS) is 13.7. The van der Waals surface area contributed by atoms with Gasteiger partial charge in [-0.1, -0.05) is 47.3 Å². The molecular weight excluding hydrogens is 260 g/mol. The van der Waals surface area contributed by atoms with Crippen molar-refractivity contribution < 1.29 is 13.0 Å². The Hall–Kier alpha value is -0.870. The third kappa shape index (κ3) is 5.74. The SMILES string of the molecule is C.CCC(CC(C)(C)C)c1ccc(S(=O)(=O)O)cc1. The van der Waals surface area contributed by atoms with Crippen LogP contribution in [0.3, 0.4) is 0 Å². The van der Waals surface area contributed by atoms with Gasteiger partial charge in [0.05, 0.1) is 4.90 Å². The summed E-state index contributed by atoms with van der Waals surface area (Å²) in [6.07, 6.45) is 2.07. The van der Waals surface area contributed by atoms with Gasteiger partial charge >= 0.3 is 0 Å². The summed E-state index contributed by atoms with van der Waals surface area (Å²) in [5.74, 6) is 0.417. The fourth-order valence-corrected chi connectivity index (χ4v) is 2.63. The molecule has 0 aliphatic carbocycles. The van der Waals surface area contributed by atoms with Crippen LogP contribution in [0.2, 0.25) is 0 Å². The predicted octanol–water partition coefficient (Wildman–Crippen LogP) is 4.50. The molecule has 1 unspecified atom stereocenters. The van der Waals surface area contributed by atoms with E-state index in [0.717, 1.165) is 18.4 Å². The van der Waals surface area contributed by atoms with E-state index < -0.39 is 10.1 Å². The van der Waals surface area contributed by atoms with Crippen molar-refractivity contribution in [2.45, 2.75) is 58.8 Å². The van der Waals surface area contributed by atoms with Crippen LogP contribution in [0.5, 0.6) is 0 Å². The zero-order valence-electron chi connectivity index (χ0n) is 11.5. The van der Waals surface area contributed by atoms with E-state index in [0.29, 0.717) is 5.92 Å². The van der Waals surface area contributed by atoms with Gasteiger partial charge in [-0.3, -0.25) is 4.55 Å². The van der Waals surface area contributed by atoms with E-state index in [9.17, 15) is 8.42 Å². The molecule has 0 spiro atoms. The van der Waals surface area contributed by atoms with Gasteiger partial charge in [0.2, 0.25) is 0 Å². The zero-order chi connectivity index (χ0) is 14.0. The van der Waals surface area contributed by atoms with E-state index in [1.807, 2.05) is 0 Å². The molecule has 110 valence electrons. The predicted molar refractivity (Wildman–Crippen MR) is 80.1 cm³/mol. The lowest BCUT2D eigenvalue weighted by Crippen LogP contribution is -2.11. The Morgan fingerprint density at radius 3 is 1.95 bits per heavy atom. The van der Waals surface area contributed by atoms with E-state index >= 15 is 0 Å². The van der Waals surface area contributed by atoms with E-state index in [-0.39, 0.29) is 17.7 Å². The first-order valence-electron chi connectivity index (χ1n) is 6.21. The summed E-state index contributed by atoms with van der Waals surface area (Å²) < 4.78 is 30.9. The van der Waals surface area contributed by atoms with Crippen molar-refractivity contribution in [3.63, 3.8) is 0 Å². The van der Waals surface area contributed by atoms with Crippen LogP contribution in [0.4, 0.5) is 0 Å². The molecule has 0 saturated carbocycles. The van der Waals surface area contributed by atoms with Crippen molar-refractivity contribution in [3.8, 4) is 0 Å². The Morgan fingerprint density at radius 2 is 1.63 bits per heavy atom. The van der Waals surface area contributed by atoms with Crippen molar-refractivity contribution >= 4 is 10.1 Å². The minimum absolute atomic E-state index is 0. The van der Waals surface area contributed by atoms with Gasteiger partial charge in [-0.25, -0.2) is 0 Å². The smallest absolute Gasteiger partial charge is 0.282 e. The third-order valence-electron chi connectivity index (χ3n) is 3.00. The maximum absolute atomic E-state index is 11.0. The van der Waals surface area contributed by atoms with Gasteiger partial charge < -0.3 is 0 Å². The Kier molecular flexibility index (Phi) is 6.23. The Labute approximate surface area is 117 Å². The van der Waals surface area contributed by atoms with Gasteiger partial charge in [0.15, 0.2) is 0 Å². The van der Waals surface area contributed by atoms with Crippen LogP contribution >= 0.6 is 0 Å². The first kappa shape index (κ1) is 18.1. The molecule has 0 saturated heterocycles. The van der Waals surface area contributed by atoms with Crippen LogP contribution < -0.4 is 0 Å². The third-order valence-corrected chi connectivity index (χ3v) is 3.87. The van der Waals surface area contributed by atoms with E-state index in [4.69, 9.17) is 4.55 Å². The van der Waals surface area contributed by atoms with Crippen molar-refractivity contribution in [1.82, 2.24) is 0 Å². The maximum Gasteiger partial charge on any atom is 0.294 e. The van der Waals surface area contributed by atoms with E-state index in [1.165, 1.54) is 12.1 Å². The minimum atomic E-state index is -4.09. The molecule has 0 radical (unpaired) electrons. The van der Waals surface area contributed by atoms with Crippen LogP contribution in [0, 0.1) is 5.41 Å². The van der Waals surface area contributed by atoms with Gasteiger partial charge in [-0.2, -0.15) is 8.42 Å². The first-order valence-corrected chi connectivity index (χ1v) is 7.65. The molecule has 0 amide bonds. The molecular formula is C15H26O3S. The van der Waals surface area contributed by atoms with Crippen molar-refractivity contribution in [2.24, 2.45) is 5.41 Å². The monoisotopic (exact) mass is 286 g/mol. The molecule has 1 N–H and O–H groups in total. The molecule has 1 aromatic carbocycles. The average Bonchev–Trinajstić information content (AvgIpc) is 2.24. The molecule has 0 bridgehead atoms. The summed E-state index contributed by atoms with van der Waals surface area (Å²) >= 11 is 0. The van der Waals surface area contributed by atoms with Gasteiger partial charge in [0.25, 0.3) is 10.1 Å². The molecule has 1 rings (SSSR count). The molecule has 0 aliphatic heterocycles. The second-order valence-corrected chi connectivity index (χ2v) is 7.34. The molecule has 0 heterocycles. The second-order valence-electron chi connectivity index (χ2n) is 5.91. The summed E-state index contributed by atoms with van der Waals surface area (Å²) in [5.41, 5.74) is 1.36. The molecule has 19 heavy (non-hydrogen) atoms. The van der Waals surface area contributed by atoms with E-state index in [2.05, 4.69) is 27.7 Å². The highest BCUT2D eigenvalue weighted by atomic mass is 32.2. The molecule has 0 fully saturated rings. The van der Waals surface area contributed by atoms with Gasteiger partial charge in [0.1, 0.15) is 0 Å². The fraction of sp³-hybridized carbons (Fsp3) is 0.600. The molecule has 1 atom stereocenters. The highest BCUT2D eigenvalue weighted by Gasteiger charge is 2.19. The first-order chi connectivity index (χ1) is 8.13. The molecule has 0 aromatic heterocycles. The van der Waals surface area contributed by atoms with Crippen LogP contribution in [0.1, 0.15) is 59.4 Å². The summed E-state index contributed by atoms with van der Waals surface area (Å²) in [5, 5.41) is 0. The van der Waals surface area contributed by atoms with Crippen LogP contribution in [-0.2, 0) is 10.1 Å². The summed E-state index contributed by atoms with van der Waals surface area (Å²) in [6.45, 7) is 8.72. The minimum Gasteiger partial charge on any atom is -0.282 e. The lowest BCUT2D eigenvalue weighted by molar-refractivity contribution is 0.335. The lowest BCUT2D eigenvalue weighted by atomic mass is 9.80. The van der Waals surface area contributed by atoms with Crippen LogP contribution in [0.15, 0.2) is 29.2 Å². The van der Waals surface area contributed by atoms with Gasteiger partial charge in [0, 0.05) is 0 Å². The van der Waals surface area contributed by atoms with Crippen molar-refractivity contribution in [2.75, 3.05) is 0 Å². The highest BCUT2D eigenvalue weighted by Crippen LogP contribution is 2.33.